The SMILES string of the molecule is CCC(C)CCCCC(=O)c1ccc(-c2ccc(O)cc2)cc1. The molecular weight excluding hydrogens is 284 g/mol. The van der Waals surface area contributed by atoms with Crippen molar-refractivity contribution < 1.29 is 9.90 Å². The first-order valence-electron chi connectivity index (χ1n) is 8.52. The van der Waals surface area contributed by atoms with E-state index in [1.165, 1.54) is 12.8 Å². The second-order valence-electron chi connectivity index (χ2n) is 6.31. The third-order valence-corrected chi connectivity index (χ3v) is 4.46. The number of hydrogen-bond donors (Lipinski definition) is 1. The Labute approximate surface area is 139 Å². The summed E-state index contributed by atoms with van der Waals surface area (Å²) in [6, 6.07) is 14.8. The van der Waals surface area contributed by atoms with Crippen molar-refractivity contribution in [3.05, 3.63) is 54.1 Å². The molecule has 0 aliphatic heterocycles. The number of Topliss-reactive ketones (excluding diaryl/α,β-unsaturated/α-hetero) is 1. The molecule has 0 heterocycles. The summed E-state index contributed by atoms with van der Waals surface area (Å²) in [4.78, 5) is 12.2. The van der Waals surface area contributed by atoms with Crippen LogP contribution >= 0.6 is 0 Å². The lowest BCUT2D eigenvalue weighted by Crippen LogP contribution is -2.00. The predicted molar refractivity (Wildman–Crippen MR) is 95.8 cm³/mol. The van der Waals surface area contributed by atoms with Crippen LogP contribution < -0.4 is 0 Å². The van der Waals surface area contributed by atoms with Gasteiger partial charge in [0.25, 0.3) is 0 Å². The van der Waals surface area contributed by atoms with Crippen molar-refractivity contribution in [2.24, 2.45) is 5.92 Å². The van der Waals surface area contributed by atoms with E-state index < -0.39 is 0 Å². The van der Waals surface area contributed by atoms with Crippen LogP contribution in [0.25, 0.3) is 11.1 Å². The number of aromatic hydroxyl groups is 1. The summed E-state index contributed by atoms with van der Waals surface area (Å²) in [5, 5.41) is 9.33. The second-order valence-corrected chi connectivity index (χ2v) is 6.31. The van der Waals surface area contributed by atoms with Gasteiger partial charge in [-0.1, -0.05) is 69.5 Å². The number of unbranched alkanes of at least 4 members (excludes halogenated alkanes) is 1. The zero-order chi connectivity index (χ0) is 16.7. The maximum absolute atomic E-state index is 12.2. The van der Waals surface area contributed by atoms with Crippen LogP contribution in [0.1, 0.15) is 56.3 Å². The van der Waals surface area contributed by atoms with Gasteiger partial charge in [0.2, 0.25) is 0 Å². The smallest absolute Gasteiger partial charge is 0.162 e. The van der Waals surface area contributed by atoms with Gasteiger partial charge < -0.3 is 5.11 Å². The highest BCUT2D eigenvalue weighted by Crippen LogP contribution is 2.23. The molecule has 0 aliphatic rings. The largest absolute Gasteiger partial charge is 0.508 e. The van der Waals surface area contributed by atoms with Crippen LogP contribution in [0.4, 0.5) is 0 Å². The first-order valence-corrected chi connectivity index (χ1v) is 8.52. The van der Waals surface area contributed by atoms with Crippen LogP contribution in [0.15, 0.2) is 48.5 Å². The summed E-state index contributed by atoms with van der Waals surface area (Å²) in [7, 11) is 0. The van der Waals surface area contributed by atoms with Crippen molar-refractivity contribution in [2.75, 3.05) is 0 Å². The Bertz CT molecular complexity index is 611. The topological polar surface area (TPSA) is 37.3 Å². The standard InChI is InChI=1S/C21H26O2/c1-3-16(2)6-4-5-7-21(23)19-10-8-17(9-11-19)18-12-14-20(22)15-13-18/h8-16,22H,3-7H2,1-2H3. The first-order chi connectivity index (χ1) is 11.1. The number of phenolic OH excluding ortho intramolecular Hbond substituents is 1. The van der Waals surface area contributed by atoms with Crippen molar-refractivity contribution in [3.63, 3.8) is 0 Å². The number of hydrogen-bond acceptors (Lipinski definition) is 2. The molecule has 23 heavy (non-hydrogen) atoms. The fourth-order valence-electron chi connectivity index (χ4n) is 2.63. The molecule has 2 nitrogen and oxygen atoms in total. The minimum absolute atomic E-state index is 0.228. The number of carbonyl (C=O) groups excluding carboxylic acids is 1. The molecule has 0 spiro atoms. The highest BCUT2D eigenvalue weighted by molar-refractivity contribution is 5.96. The molecule has 0 radical (unpaired) electrons. The van der Waals surface area contributed by atoms with Gasteiger partial charge in [-0.3, -0.25) is 4.79 Å². The van der Waals surface area contributed by atoms with Gasteiger partial charge in [-0.2, -0.15) is 0 Å². The maximum Gasteiger partial charge on any atom is 0.162 e. The van der Waals surface area contributed by atoms with E-state index in [4.69, 9.17) is 0 Å². The number of phenols is 1. The molecule has 0 amide bonds. The average Bonchev–Trinajstić information content (AvgIpc) is 2.59. The van der Waals surface area contributed by atoms with Crippen molar-refractivity contribution in [3.8, 4) is 16.9 Å². The van der Waals surface area contributed by atoms with E-state index in [9.17, 15) is 9.90 Å². The van der Waals surface area contributed by atoms with Gasteiger partial charge in [0.05, 0.1) is 0 Å². The molecule has 0 aromatic heterocycles. The van der Waals surface area contributed by atoms with Crippen molar-refractivity contribution in [2.45, 2.75) is 46.0 Å². The molecule has 2 rings (SSSR count). The van der Waals surface area contributed by atoms with Gasteiger partial charge in [-0.15, -0.1) is 0 Å². The lowest BCUT2D eigenvalue weighted by atomic mass is 9.97. The normalized spacial score (nSPS) is 12.1. The molecule has 2 aromatic carbocycles. The molecule has 2 heteroatoms. The Hall–Kier alpha value is -2.09. The van der Waals surface area contributed by atoms with E-state index in [0.29, 0.717) is 6.42 Å². The average molecular weight is 310 g/mol. The number of benzene rings is 2. The Kier molecular flexibility index (Phi) is 6.40. The summed E-state index contributed by atoms with van der Waals surface area (Å²) in [6.45, 7) is 4.48. The summed E-state index contributed by atoms with van der Waals surface area (Å²) >= 11 is 0. The molecule has 122 valence electrons. The van der Waals surface area contributed by atoms with Crippen molar-refractivity contribution in [1.29, 1.82) is 0 Å². The third kappa shape index (κ3) is 5.24. The van der Waals surface area contributed by atoms with E-state index in [0.717, 1.165) is 35.4 Å². The van der Waals surface area contributed by atoms with Crippen molar-refractivity contribution in [1.82, 2.24) is 0 Å². The van der Waals surface area contributed by atoms with E-state index >= 15 is 0 Å². The highest BCUT2D eigenvalue weighted by Gasteiger charge is 2.07. The zero-order valence-electron chi connectivity index (χ0n) is 14.1. The Morgan fingerprint density at radius 3 is 2.09 bits per heavy atom. The van der Waals surface area contributed by atoms with Crippen LogP contribution in [-0.2, 0) is 0 Å². The van der Waals surface area contributed by atoms with Gasteiger partial charge in [0, 0.05) is 12.0 Å². The van der Waals surface area contributed by atoms with E-state index in [-0.39, 0.29) is 11.5 Å². The van der Waals surface area contributed by atoms with Crippen LogP contribution in [0.2, 0.25) is 0 Å². The predicted octanol–water partition coefficient (Wildman–Crippen LogP) is 5.85. The molecule has 2 aromatic rings. The van der Waals surface area contributed by atoms with E-state index in [1.807, 2.05) is 36.4 Å². The highest BCUT2D eigenvalue weighted by atomic mass is 16.3. The van der Waals surface area contributed by atoms with Gasteiger partial charge in [-0.25, -0.2) is 0 Å². The van der Waals surface area contributed by atoms with E-state index in [1.54, 1.807) is 12.1 Å². The lowest BCUT2D eigenvalue weighted by molar-refractivity contribution is 0.0978. The number of ketones is 1. The molecule has 0 bridgehead atoms. The molecular formula is C21H26O2. The number of rotatable bonds is 8. The Morgan fingerprint density at radius 1 is 0.957 bits per heavy atom. The van der Waals surface area contributed by atoms with Crippen LogP contribution in [0, 0.1) is 5.92 Å². The zero-order valence-corrected chi connectivity index (χ0v) is 14.1. The van der Waals surface area contributed by atoms with Crippen LogP contribution in [0.3, 0.4) is 0 Å². The first kappa shape index (κ1) is 17.3. The molecule has 0 fully saturated rings. The van der Waals surface area contributed by atoms with Gasteiger partial charge in [0.1, 0.15) is 5.75 Å². The molecule has 1 unspecified atom stereocenters. The minimum atomic E-state index is 0.228. The van der Waals surface area contributed by atoms with Crippen LogP contribution in [-0.4, -0.2) is 10.9 Å². The van der Waals surface area contributed by atoms with Gasteiger partial charge in [-0.05, 0) is 35.6 Å². The summed E-state index contributed by atoms with van der Waals surface area (Å²) in [5.41, 5.74) is 2.88. The Balaban J connectivity index is 1.89. The summed E-state index contributed by atoms with van der Waals surface area (Å²) in [6.07, 6.45) is 5.17. The molecule has 1 atom stereocenters. The van der Waals surface area contributed by atoms with Crippen molar-refractivity contribution >= 4 is 5.78 Å². The van der Waals surface area contributed by atoms with Crippen LogP contribution in [0.5, 0.6) is 5.75 Å². The van der Waals surface area contributed by atoms with E-state index in [2.05, 4.69) is 13.8 Å². The third-order valence-electron chi connectivity index (χ3n) is 4.46. The monoisotopic (exact) mass is 310 g/mol. The minimum Gasteiger partial charge on any atom is -0.508 e. The fourth-order valence-corrected chi connectivity index (χ4v) is 2.63. The fraction of sp³-hybridized carbons (Fsp3) is 0.381. The quantitative estimate of drug-likeness (QED) is 0.490. The second kappa shape index (κ2) is 8.52. The van der Waals surface area contributed by atoms with Gasteiger partial charge >= 0.3 is 0 Å². The maximum atomic E-state index is 12.2. The number of carbonyl (C=O) groups is 1. The van der Waals surface area contributed by atoms with Gasteiger partial charge in [0.15, 0.2) is 5.78 Å². The molecule has 0 aliphatic carbocycles. The molecule has 0 saturated heterocycles. The Morgan fingerprint density at radius 2 is 1.52 bits per heavy atom. The summed E-state index contributed by atoms with van der Waals surface area (Å²) < 4.78 is 0. The lowest BCUT2D eigenvalue weighted by Gasteiger charge is -2.07. The molecule has 1 N–H and O–H groups in total. The molecule has 0 saturated carbocycles. The summed E-state index contributed by atoms with van der Waals surface area (Å²) in [5.74, 6) is 1.25.